The zero-order valence-electron chi connectivity index (χ0n) is 11.8. The lowest BCUT2D eigenvalue weighted by atomic mass is 9.91. The van der Waals surface area contributed by atoms with Crippen LogP contribution in [0.2, 0.25) is 0 Å². The molecule has 8 nitrogen and oxygen atoms in total. The molecule has 0 saturated carbocycles. The Morgan fingerprint density at radius 1 is 1.00 bits per heavy atom. The molecule has 0 unspecified atom stereocenters. The molecule has 0 aromatic rings. The number of rotatable bonds is 4. The minimum atomic E-state index is -1.23. The number of carbonyl (C=O) groups is 4. The molecule has 21 heavy (non-hydrogen) atoms. The van der Waals surface area contributed by atoms with Crippen LogP contribution in [0, 0.1) is 0 Å². The van der Waals surface area contributed by atoms with E-state index in [-0.39, 0.29) is 12.0 Å². The first-order valence-electron chi connectivity index (χ1n) is 6.16. The molecule has 1 rings (SSSR count). The van der Waals surface area contributed by atoms with Gasteiger partial charge in [-0.2, -0.15) is 0 Å². The van der Waals surface area contributed by atoms with Gasteiger partial charge in [-0.1, -0.05) is 0 Å². The SMILES string of the molecule is CC(=O)O[C@H]1[C@H](OC(C)=O)C=C(C(=O)O)C[C@H]1OC(C)=O. The van der Waals surface area contributed by atoms with Gasteiger partial charge in [0.25, 0.3) is 0 Å². The third-order valence-electron chi connectivity index (χ3n) is 2.67. The van der Waals surface area contributed by atoms with Gasteiger partial charge < -0.3 is 19.3 Å². The van der Waals surface area contributed by atoms with Crippen molar-refractivity contribution in [3.05, 3.63) is 11.6 Å². The van der Waals surface area contributed by atoms with Crippen molar-refractivity contribution in [2.45, 2.75) is 45.5 Å². The number of hydrogen-bond donors (Lipinski definition) is 1. The molecule has 1 aliphatic carbocycles. The first-order valence-corrected chi connectivity index (χ1v) is 6.16. The summed E-state index contributed by atoms with van der Waals surface area (Å²) in [4.78, 5) is 44.5. The van der Waals surface area contributed by atoms with Crippen LogP contribution in [0.3, 0.4) is 0 Å². The number of ether oxygens (including phenoxy) is 3. The van der Waals surface area contributed by atoms with Gasteiger partial charge in [-0.25, -0.2) is 4.79 Å². The van der Waals surface area contributed by atoms with Crippen molar-refractivity contribution in [1.82, 2.24) is 0 Å². The maximum atomic E-state index is 11.1. The molecule has 1 aliphatic rings. The Kier molecular flexibility index (Phi) is 5.45. The highest BCUT2D eigenvalue weighted by molar-refractivity contribution is 5.87. The number of carbonyl (C=O) groups excluding carboxylic acids is 3. The highest BCUT2D eigenvalue weighted by atomic mass is 16.6. The molecule has 0 aromatic heterocycles. The Balaban J connectivity index is 3.12. The van der Waals surface area contributed by atoms with Gasteiger partial charge in [0.1, 0.15) is 6.10 Å². The molecule has 0 heterocycles. The van der Waals surface area contributed by atoms with Gasteiger partial charge in [0, 0.05) is 32.8 Å². The molecule has 8 heteroatoms. The predicted octanol–water partition coefficient (Wildman–Crippen LogP) is 0.196. The average molecular weight is 300 g/mol. The summed E-state index contributed by atoms with van der Waals surface area (Å²) in [6.07, 6.45) is -2.22. The monoisotopic (exact) mass is 300 g/mol. The van der Waals surface area contributed by atoms with Crippen molar-refractivity contribution in [2.75, 3.05) is 0 Å². The number of carboxylic acids is 1. The van der Waals surface area contributed by atoms with E-state index in [1.807, 2.05) is 0 Å². The molecule has 0 radical (unpaired) electrons. The van der Waals surface area contributed by atoms with Crippen molar-refractivity contribution in [1.29, 1.82) is 0 Å². The molecule has 116 valence electrons. The largest absolute Gasteiger partial charge is 0.478 e. The van der Waals surface area contributed by atoms with E-state index in [1.165, 1.54) is 6.08 Å². The smallest absolute Gasteiger partial charge is 0.331 e. The Morgan fingerprint density at radius 2 is 1.52 bits per heavy atom. The topological polar surface area (TPSA) is 116 Å². The molecule has 0 aliphatic heterocycles. The van der Waals surface area contributed by atoms with Crippen LogP contribution >= 0.6 is 0 Å². The van der Waals surface area contributed by atoms with Crippen LogP contribution in [-0.4, -0.2) is 47.3 Å². The lowest BCUT2D eigenvalue weighted by Crippen LogP contribution is -2.47. The summed E-state index contributed by atoms with van der Waals surface area (Å²) >= 11 is 0. The summed E-state index contributed by atoms with van der Waals surface area (Å²) in [7, 11) is 0. The molecule has 1 N–H and O–H groups in total. The van der Waals surface area contributed by atoms with Gasteiger partial charge in [-0.3, -0.25) is 14.4 Å². The van der Waals surface area contributed by atoms with Gasteiger partial charge >= 0.3 is 23.9 Å². The highest BCUT2D eigenvalue weighted by Crippen LogP contribution is 2.27. The third-order valence-corrected chi connectivity index (χ3v) is 2.67. The molecular weight excluding hydrogens is 284 g/mol. The average Bonchev–Trinajstić information content (AvgIpc) is 2.30. The summed E-state index contributed by atoms with van der Waals surface area (Å²) in [5.41, 5.74) is -0.0871. The third kappa shape index (κ3) is 4.90. The fraction of sp³-hybridized carbons (Fsp3) is 0.538. The van der Waals surface area contributed by atoms with Crippen molar-refractivity contribution in [3.63, 3.8) is 0 Å². The van der Waals surface area contributed by atoms with Crippen molar-refractivity contribution in [3.8, 4) is 0 Å². The van der Waals surface area contributed by atoms with Crippen molar-refractivity contribution in [2.24, 2.45) is 0 Å². The first-order chi connectivity index (χ1) is 9.70. The summed E-state index contributed by atoms with van der Waals surface area (Å²) < 4.78 is 15.0. The number of esters is 3. The minimum Gasteiger partial charge on any atom is -0.478 e. The zero-order chi connectivity index (χ0) is 16.2. The van der Waals surface area contributed by atoms with Gasteiger partial charge in [0.05, 0.1) is 0 Å². The van der Waals surface area contributed by atoms with Crippen LogP contribution in [-0.2, 0) is 33.4 Å². The van der Waals surface area contributed by atoms with Gasteiger partial charge in [-0.15, -0.1) is 0 Å². The first kappa shape index (κ1) is 16.7. The Hall–Kier alpha value is -2.38. The van der Waals surface area contributed by atoms with E-state index in [1.54, 1.807) is 0 Å². The highest BCUT2D eigenvalue weighted by Gasteiger charge is 2.41. The second kappa shape index (κ2) is 6.87. The van der Waals surface area contributed by atoms with E-state index >= 15 is 0 Å². The van der Waals surface area contributed by atoms with Crippen molar-refractivity contribution >= 4 is 23.9 Å². The Labute approximate surface area is 120 Å². The molecule has 0 aromatic carbocycles. The summed E-state index contributed by atoms with van der Waals surface area (Å²) in [5, 5.41) is 9.05. The van der Waals surface area contributed by atoms with Crippen LogP contribution in [0.25, 0.3) is 0 Å². The Bertz CT molecular complexity index is 492. The molecule has 3 atom stereocenters. The maximum Gasteiger partial charge on any atom is 0.331 e. The normalized spacial score (nSPS) is 24.5. The van der Waals surface area contributed by atoms with Gasteiger partial charge in [0.15, 0.2) is 12.2 Å². The molecule has 0 spiro atoms. The number of hydrogen-bond acceptors (Lipinski definition) is 7. The van der Waals surface area contributed by atoms with Crippen molar-refractivity contribution < 1.29 is 38.5 Å². The lowest BCUT2D eigenvalue weighted by molar-refractivity contribution is -0.180. The van der Waals surface area contributed by atoms with E-state index in [0.29, 0.717) is 0 Å². The number of carboxylic acid groups (broad SMARTS) is 1. The standard InChI is InChI=1S/C13H16O8/c1-6(14)19-10-4-9(13(17)18)5-11(20-7(2)15)12(10)21-8(3)16/h4,10-12H,5H2,1-3H3,(H,17,18)/t10-,11-,12+/m1/s1. The molecule has 0 amide bonds. The number of aliphatic carboxylic acids is 1. The lowest BCUT2D eigenvalue weighted by Gasteiger charge is -2.34. The van der Waals surface area contributed by atoms with E-state index < -0.39 is 42.2 Å². The van der Waals surface area contributed by atoms with Crippen LogP contribution in [0.5, 0.6) is 0 Å². The van der Waals surface area contributed by atoms with Crippen LogP contribution < -0.4 is 0 Å². The Morgan fingerprint density at radius 3 is 1.95 bits per heavy atom. The summed E-state index contributed by atoms with van der Waals surface area (Å²) in [6, 6.07) is 0. The molecule has 0 saturated heterocycles. The minimum absolute atomic E-state index is 0.0871. The zero-order valence-corrected chi connectivity index (χ0v) is 11.8. The van der Waals surface area contributed by atoms with Crippen LogP contribution in [0.4, 0.5) is 0 Å². The quantitative estimate of drug-likeness (QED) is 0.578. The van der Waals surface area contributed by atoms with E-state index in [2.05, 4.69) is 0 Å². The fourth-order valence-corrected chi connectivity index (χ4v) is 2.01. The van der Waals surface area contributed by atoms with Gasteiger partial charge in [-0.05, 0) is 6.08 Å². The molecule has 0 bridgehead atoms. The fourth-order valence-electron chi connectivity index (χ4n) is 2.01. The van der Waals surface area contributed by atoms with Crippen LogP contribution in [0.1, 0.15) is 27.2 Å². The van der Waals surface area contributed by atoms with E-state index in [4.69, 9.17) is 19.3 Å². The van der Waals surface area contributed by atoms with E-state index in [0.717, 1.165) is 20.8 Å². The second-order valence-corrected chi connectivity index (χ2v) is 4.50. The van der Waals surface area contributed by atoms with E-state index in [9.17, 15) is 19.2 Å². The second-order valence-electron chi connectivity index (χ2n) is 4.50. The summed E-state index contributed by atoms with van der Waals surface area (Å²) in [6.45, 7) is 3.42. The molecular formula is C13H16O8. The molecule has 0 fully saturated rings. The van der Waals surface area contributed by atoms with Crippen LogP contribution in [0.15, 0.2) is 11.6 Å². The predicted molar refractivity (Wildman–Crippen MR) is 67.0 cm³/mol. The summed E-state index contributed by atoms with van der Waals surface area (Å²) in [5.74, 6) is -3.24. The van der Waals surface area contributed by atoms with Gasteiger partial charge in [0.2, 0.25) is 0 Å². The maximum absolute atomic E-state index is 11.1.